The second-order valence-electron chi connectivity index (χ2n) is 3.37. The molecule has 0 aliphatic carbocycles. The third kappa shape index (κ3) is 2.54. The third-order valence-corrected chi connectivity index (χ3v) is 2.90. The van der Waals surface area contributed by atoms with Crippen LogP contribution in [-0.4, -0.2) is 15.2 Å². The Morgan fingerprint density at radius 1 is 1.56 bits per heavy atom. The summed E-state index contributed by atoms with van der Waals surface area (Å²) in [6.45, 7) is 2.02. The smallest absolute Gasteiger partial charge is 0.152 e. The molecule has 6 heteroatoms. The SMILES string of the molecule is CC(Nc1cc(Br)cnc1Cl)c1ccn[nH]1. The molecule has 2 heterocycles. The van der Waals surface area contributed by atoms with Crippen LogP contribution in [0.25, 0.3) is 0 Å². The molecular formula is C10H10BrClN4. The van der Waals surface area contributed by atoms with Gasteiger partial charge in [0.25, 0.3) is 0 Å². The summed E-state index contributed by atoms with van der Waals surface area (Å²) in [7, 11) is 0. The van der Waals surface area contributed by atoms with Crippen molar-refractivity contribution < 1.29 is 0 Å². The average Bonchev–Trinajstić information content (AvgIpc) is 2.76. The molecule has 0 amide bonds. The van der Waals surface area contributed by atoms with Crippen LogP contribution in [0.1, 0.15) is 18.7 Å². The van der Waals surface area contributed by atoms with Gasteiger partial charge >= 0.3 is 0 Å². The summed E-state index contributed by atoms with van der Waals surface area (Å²) in [5, 5.41) is 10.5. The predicted octanol–water partition coefficient (Wildman–Crippen LogP) is 3.39. The molecule has 2 aromatic rings. The number of nitrogens with zero attached hydrogens (tertiary/aromatic N) is 2. The maximum absolute atomic E-state index is 5.98. The highest BCUT2D eigenvalue weighted by Gasteiger charge is 2.09. The van der Waals surface area contributed by atoms with E-state index in [2.05, 4.69) is 36.4 Å². The molecule has 0 aliphatic heterocycles. The molecule has 4 nitrogen and oxygen atoms in total. The molecule has 0 saturated heterocycles. The summed E-state index contributed by atoms with van der Waals surface area (Å²) < 4.78 is 0.885. The Balaban J connectivity index is 2.17. The van der Waals surface area contributed by atoms with E-state index in [9.17, 15) is 0 Å². The standard InChI is InChI=1S/C10H10BrClN4/c1-6(8-2-3-14-16-8)15-9-4-7(11)5-13-10(9)12/h2-6,15H,1H3,(H,14,16). The monoisotopic (exact) mass is 300 g/mol. The molecule has 1 unspecified atom stereocenters. The molecule has 0 aromatic carbocycles. The van der Waals surface area contributed by atoms with Gasteiger partial charge in [0, 0.05) is 16.9 Å². The van der Waals surface area contributed by atoms with Gasteiger partial charge in [0.15, 0.2) is 5.15 Å². The Kier molecular flexibility index (Phi) is 3.46. The molecular weight excluding hydrogens is 291 g/mol. The van der Waals surface area contributed by atoms with Crippen molar-refractivity contribution >= 4 is 33.2 Å². The molecule has 0 fully saturated rings. The number of rotatable bonds is 3. The van der Waals surface area contributed by atoms with Gasteiger partial charge in [-0.1, -0.05) is 11.6 Å². The van der Waals surface area contributed by atoms with Crippen molar-refractivity contribution in [2.24, 2.45) is 0 Å². The van der Waals surface area contributed by atoms with Crippen LogP contribution in [0.2, 0.25) is 5.15 Å². The molecule has 84 valence electrons. The summed E-state index contributed by atoms with van der Waals surface area (Å²) in [6, 6.07) is 3.90. The van der Waals surface area contributed by atoms with Gasteiger partial charge in [-0.2, -0.15) is 5.10 Å². The summed E-state index contributed by atoms with van der Waals surface area (Å²) in [5.74, 6) is 0. The maximum Gasteiger partial charge on any atom is 0.152 e. The van der Waals surface area contributed by atoms with Crippen LogP contribution in [0.15, 0.2) is 29.0 Å². The second kappa shape index (κ2) is 4.84. The lowest BCUT2D eigenvalue weighted by molar-refractivity contribution is 0.824. The van der Waals surface area contributed by atoms with E-state index in [0.29, 0.717) is 5.15 Å². The van der Waals surface area contributed by atoms with E-state index >= 15 is 0 Å². The maximum atomic E-state index is 5.98. The molecule has 2 rings (SSSR count). The first-order valence-corrected chi connectivity index (χ1v) is 5.91. The van der Waals surface area contributed by atoms with E-state index in [1.165, 1.54) is 0 Å². The molecule has 0 saturated carbocycles. The normalized spacial score (nSPS) is 12.4. The fourth-order valence-electron chi connectivity index (χ4n) is 1.34. The minimum atomic E-state index is 0.0936. The molecule has 2 aromatic heterocycles. The fourth-order valence-corrected chi connectivity index (χ4v) is 1.83. The summed E-state index contributed by atoms with van der Waals surface area (Å²) >= 11 is 9.34. The minimum absolute atomic E-state index is 0.0936. The van der Waals surface area contributed by atoms with E-state index < -0.39 is 0 Å². The van der Waals surface area contributed by atoms with Gasteiger partial charge in [0.2, 0.25) is 0 Å². The molecule has 2 N–H and O–H groups in total. The molecule has 16 heavy (non-hydrogen) atoms. The van der Waals surface area contributed by atoms with Crippen LogP contribution >= 0.6 is 27.5 Å². The lowest BCUT2D eigenvalue weighted by Crippen LogP contribution is -2.07. The van der Waals surface area contributed by atoms with Crippen molar-refractivity contribution in [1.82, 2.24) is 15.2 Å². The van der Waals surface area contributed by atoms with Gasteiger partial charge in [0.1, 0.15) is 0 Å². The van der Waals surface area contributed by atoms with Gasteiger partial charge in [-0.05, 0) is 35.0 Å². The topological polar surface area (TPSA) is 53.6 Å². The van der Waals surface area contributed by atoms with Crippen molar-refractivity contribution in [3.8, 4) is 0 Å². The number of aromatic nitrogens is 3. The fraction of sp³-hybridized carbons (Fsp3) is 0.200. The van der Waals surface area contributed by atoms with Crippen molar-refractivity contribution in [1.29, 1.82) is 0 Å². The molecule has 1 atom stereocenters. The van der Waals surface area contributed by atoms with Crippen molar-refractivity contribution in [2.45, 2.75) is 13.0 Å². The summed E-state index contributed by atoms with van der Waals surface area (Å²) in [6.07, 6.45) is 3.38. The number of nitrogens with one attached hydrogen (secondary N) is 2. The molecule has 0 aliphatic rings. The minimum Gasteiger partial charge on any atom is -0.374 e. The number of anilines is 1. The molecule has 0 spiro atoms. The lowest BCUT2D eigenvalue weighted by Gasteiger charge is -2.14. The van der Waals surface area contributed by atoms with E-state index in [1.807, 2.05) is 19.1 Å². The third-order valence-electron chi connectivity index (χ3n) is 2.17. The summed E-state index contributed by atoms with van der Waals surface area (Å²) in [4.78, 5) is 4.04. The van der Waals surface area contributed by atoms with Gasteiger partial charge in [-0.3, -0.25) is 5.10 Å². The van der Waals surface area contributed by atoms with Gasteiger partial charge < -0.3 is 5.32 Å². The zero-order chi connectivity index (χ0) is 11.5. The van der Waals surface area contributed by atoms with Crippen LogP contribution < -0.4 is 5.32 Å². The first-order chi connectivity index (χ1) is 7.66. The van der Waals surface area contributed by atoms with Crippen LogP contribution in [0.4, 0.5) is 5.69 Å². The molecule has 0 radical (unpaired) electrons. The Morgan fingerprint density at radius 3 is 3.06 bits per heavy atom. The van der Waals surface area contributed by atoms with Crippen LogP contribution in [0, 0.1) is 0 Å². The first kappa shape index (κ1) is 11.4. The van der Waals surface area contributed by atoms with Crippen LogP contribution in [-0.2, 0) is 0 Å². The van der Waals surface area contributed by atoms with Gasteiger partial charge in [-0.15, -0.1) is 0 Å². The van der Waals surface area contributed by atoms with Crippen molar-refractivity contribution in [3.63, 3.8) is 0 Å². The van der Waals surface area contributed by atoms with Crippen LogP contribution in [0.5, 0.6) is 0 Å². The number of H-pyrrole nitrogens is 1. The highest BCUT2D eigenvalue weighted by Crippen LogP contribution is 2.26. The number of hydrogen-bond acceptors (Lipinski definition) is 3. The molecule has 0 bridgehead atoms. The largest absolute Gasteiger partial charge is 0.374 e. The van der Waals surface area contributed by atoms with Gasteiger partial charge in [-0.25, -0.2) is 4.98 Å². The zero-order valence-corrected chi connectivity index (χ0v) is 10.9. The highest BCUT2D eigenvalue weighted by molar-refractivity contribution is 9.10. The van der Waals surface area contributed by atoms with Crippen LogP contribution in [0.3, 0.4) is 0 Å². The van der Waals surface area contributed by atoms with E-state index in [0.717, 1.165) is 15.9 Å². The average molecular weight is 302 g/mol. The lowest BCUT2D eigenvalue weighted by atomic mass is 10.2. The number of pyridine rings is 1. The van der Waals surface area contributed by atoms with Crippen molar-refractivity contribution in [2.75, 3.05) is 5.32 Å². The second-order valence-corrected chi connectivity index (χ2v) is 4.64. The Morgan fingerprint density at radius 2 is 2.38 bits per heavy atom. The quantitative estimate of drug-likeness (QED) is 0.854. The zero-order valence-electron chi connectivity index (χ0n) is 8.54. The number of halogens is 2. The number of hydrogen-bond donors (Lipinski definition) is 2. The van der Waals surface area contributed by atoms with E-state index in [-0.39, 0.29) is 6.04 Å². The first-order valence-electron chi connectivity index (χ1n) is 4.73. The summed E-state index contributed by atoms with van der Waals surface area (Å²) in [5.41, 5.74) is 1.79. The Labute approximate surface area is 107 Å². The predicted molar refractivity (Wildman–Crippen MR) is 67.6 cm³/mol. The van der Waals surface area contributed by atoms with Crippen molar-refractivity contribution in [3.05, 3.63) is 39.8 Å². The number of aromatic amines is 1. The Bertz CT molecular complexity index is 472. The highest BCUT2D eigenvalue weighted by atomic mass is 79.9. The Hall–Kier alpha value is -1.07. The van der Waals surface area contributed by atoms with E-state index in [1.54, 1.807) is 12.4 Å². The van der Waals surface area contributed by atoms with E-state index in [4.69, 9.17) is 11.6 Å². The van der Waals surface area contributed by atoms with Gasteiger partial charge in [0.05, 0.1) is 17.4 Å².